The van der Waals surface area contributed by atoms with Crippen molar-refractivity contribution in [3.05, 3.63) is 35.5 Å². The van der Waals surface area contributed by atoms with Gasteiger partial charge in [0.15, 0.2) is 11.6 Å². The van der Waals surface area contributed by atoms with Crippen LogP contribution < -0.4 is 0 Å². The van der Waals surface area contributed by atoms with Gasteiger partial charge in [-0.05, 0) is 17.5 Å². The van der Waals surface area contributed by atoms with Crippen molar-refractivity contribution >= 4 is 17.1 Å². The summed E-state index contributed by atoms with van der Waals surface area (Å²) in [4.78, 5) is 20.8. The molecule has 3 nitrogen and oxygen atoms in total. The van der Waals surface area contributed by atoms with Gasteiger partial charge in [0.25, 0.3) is 0 Å². The zero-order valence-electron chi connectivity index (χ0n) is 8.30. The lowest BCUT2D eigenvalue weighted by Crippen LogP contribution is -1.97. The van der Waals surface area contributed by atoms with Crippen LogP contribution in [0, 0.1) is 0 Å². The summed E-state index contributed by atoms with van der Waals surface area (Å²) in [6.45, 7) is 1.86. The van der Waals surface area contributed by atoms with Crippen LogP contribution in [0.3, 0.4) is 0 Å². The average molecular weight is 218 g/mol. The molecule has 2 heterocycles. The Labute approximate surface area is 91.8 Å². The van der Waals surface area contributed by atoms with E-state index in [1.54, 1.807) is 18.5 Å². The monoisotopic (exact) mass is 218 g/mol. The van der Waals surface area contributed by atoms with Crippen molar-refractivity contribution in [1.82, 2.24) is 9.97 Å². The van der Waals surface area contributed by atoms with Crippen LogP contribution in [0.1, 0.15) is 23.7 Å². The molecule has 0 bridgehead atoms. The van der Waals surface area contributed by atoms with Gasteiger partial charge in [0.05, 0.1) is 4.88 Å². The summed E-state index contributed by atoms with van der Waals surface area (Å²) in [7, 11) is 0. The lowest BCUT2D eigenvalue weighted by molar-refractivity contribution is 0.0989. The highest BCUT2D eigenvalue weighted by Gasteiger charge is 2.13. The van der Waals surface area contributed by atoms with E-state index < -0.39 is 0 Å². The Balaban J connectivity index is 2.46. The van der Waals surface area contributed by atoms with Crippen molar-refractivity contribution in [1.29, 1.82) is 0 Å². The molecule has 0 aliphatic rings. The van der Waals surface area contributed by atoms with Gasteiger partial charge in [0.2, 0.25) is 0 Å². The molecule has 4 heteroatoms. The fourth-order valence-corrected chi connectivity index (χ4v) is 2.17. The maximum Gasteiger partial charge on any atom is 0.170 e. The van der Waals surface area contributed by atoms with E-state index in [4.69, 9.17) is 0 Å². The Bertz CT molecular complexity index is 464. The Hall–Kier alpha value is -1.55. The minimum Gasteiger partial charge on any atom is -0.294 e. The number of Topliss-reactive ketones (excluding diaryl/α,β-unsaturated/α-hetero) is 1. The molecule has 0 saturated heterocycles. The second-order valence-corrected chi connectivity index (χ2v) is 3.93. The lowest BCUT2D eigenvalue weighted by atomic mass is 10.1. The molecule has 0 radical (unpaired) electrons. The molecule has 0 N–H and O–H groups in total. The normalized spacial score (nSPS) is 10.2. The number of aromatic nitrogens is 2. The molecule has 0 aromatic carbocycles. The third-order valence-corrected chi connectivity index (χ3v) is 2.97. The number of nitrogens with zero attached hydrogens (tertiary/aromatic N) is 2. The molecule has 0 atom stereocenters. The van der Waals surface area contributed by atoms with E-state index in [0.29, 0.717) is 12.2 Å². The van der Waals surface area contributed by atoms with Gasteiger partial charge in [-0.1, -0.05) is 6.92 Å². The maximum atomic E-state index is 11.6. The first-order valence-corrected chi connectivity index (χ1v) is 5.59. The molecular weight excluding hydrogens is 208 g/mol. The SMILES string of the molecule is CCC(=O)c1ccsc1-c1ncccn1. The highest BCUT2D eigenvalue weighted by atomic mass is 32.1. The fraction of sp³-hybridized carbons (Fsp3) is 0.182. The summed E-state index contributed by atoms with van der Waals surface area (Å²) in [5.41, 5.74) is 0.730. The Morgan fingerprint density at radius 3 is 2.80 bits per heavy atom. The van der Waals surface area contributed by atoms with Crippen molar-refractivity contribution < 1.29 is 4.79 Å². The molecule has 0 fully saturated rings. The van der Waals surface area contributed by atoms with Crippen LogP contribution >= 0.6 is 11.3 Å². The molecule has 0 saturated carbocycles. The van der Waals surface area contributed by atoms with Gasteiger partial charge < -0.3 is 0 Å². The predicted molar refractivity (Wildman–Crippen MR) is 60.0 cm³/mol. The zero-order chi connectivity index (χ0) is 10.7. The first kappa shape index (κ1) is 9.98. The van der Waals surface area contributed by atoms with Crippen molar-refractivity contribution in [3.63, 3.8) is 0 Å². The molecule has 2 aromatic heterocycles. The van der Waals surface area contributed by atoms with Crippen molar-refractivity contribution in [2.24, 2.45) is 0 Å². The van der Waals surface area contributed by atoms with E-state index in [1.165, 1.54) is 11.3 Å². The van der Waals surface area contributed by atoms with E-state index in [9.17, 15) is 4.79 Å². The van der Waals surface area contributed by atoms with Crippen LogP contribution in [0.25, 0.3) is 10.7 Å². The summed E-state index contributed by atoms with van der Waals surface area (Å²) in [5, 5.41) is 1.90. The summed E-state index contributed by atoms with van der Waals surface area (Å²) in [5.74, 6) is 0.767. The molecule has 0 unspecified atom stereocenters. The number of carbonyl (C=O) groups excluding carboxylic acids is 1. The van der Waals surface area contributed by atoms with Crippen LogP contribution in [-0.4, -0.2) is 15.8 Å². The minimum atomic E-state index is 0.138. The molecular formula is C11H10N2OS. The van der Waals surface area contributed by atoms with Gasteiger partial charge in [-0.2, -0.15) is 0 Å². The summed E-state index contributed by atoms with van der Waals surface area (Å²) < 4.78 is 0. The van der Waals surface area contributed by atoms with Gasteiger partial charge in [-0.3, -0.25) is 4.79 Å². The number of rotatable bonds is 3. The highest BCUT2D eigenvalue weighted by molar-refractivity contribution is 7.14. The van der Waals surface area contributed by atoms with Crippen molar-refractivity contribution in [2.75, 3.05) is 0 Å². The summed E-state index contributed by atoms with van der Waals surface area (Å²) >= 11 is 1.50. The van der Waals surface area contributed by atoms with Crippen LogP contribution in [-0.2, 0) is 0 Å². The highest BCUT2D eigenvalue weighted by Crippen LogP contribution is 2.27. The van der Waals surface area contributed by atoms with E-state index in [2.05, 4.69) is 9.97 Å². The molecule has 0 aliphatic carbocycles. The predicted octanol–water partition coefficient (Wildman–Crippen LogP) is 2.80. The zero-order valence-corrected chi connectivity index (χ0v) is 9.12. The molecule has 0 aliphatic heterocycles. The van der Waals surface area contributed by atoms with Crippen molar-refractivity contribution in [3.8, 4) is 10.7 Å². The maximum absolute atomic E-state index is 11.6. The van der Waals surface area contributed by atoms with Gasteiger partial charge >= 0.3 is 0 Å². The standard InChI is InChI=1S/C11H10N2OS/c1-2-9(14)8-4-7-15-10(8)11-12-5-3-6-13-11/h3-7H,2H2,1H3. The molecule has 15 heavy (non-hydrogen) atoms. The van der Waals surface area contributed by atoms with E-state index >= 15 is 0 Å². The smallest absolute Gasteiger partial charge is 0.170 e. The molecule has 76 valence electrons. The number of ketones is 1. The van der Waals surface area contributed by atoms with Crippen LogP contribution in [0.2, 0.25) is 0 Å². The van der Waals surface area contributed by atoms with Gasteiger partial charge in [-0.25, -0.2) is 9.97 Å². The number of carbonyl (C=O) groups is 1. The van der Waals surface area contributed by atoms with E-state index in [0.717, 1.165) is 10.4 Å². The summed E-state index contributed by atoms with van der Waals surface area (Å²) in [6, 6.07) is 3.60. The Kier molecular flexibility index (Phi) is 2.87. The van der Waals surface area contributed by atoms with Crippen LogP contribution in [0.4, 0.5) is 0 Å². The van der Waals surface area contributed by atoms with Crippen LogP contribution in [0.5, 0.6) is 0 Å². The first-order chi connectivity index (χ1) is 7.33. The molecule has 0 spiro atoms. The van der Waals surface area contributed by atoms with Crippen molar-refractivity contribution in [2.45, 2.75) is 13.3 Å². The average Bonchev–Trinajstić information content (AvgIpc) is 2.78. The second-order valence-electron chi connectivity index (χ2n) is 3.01. The molecule has 2 rings (SSSR count). The van der Waals surface area contributed by atoms with E-state index in [1.807, 2.05) is 18.4 Å². The number of hydrogen-bond acceptors (Lipinski definition) is 4. The fourth-order valence-electron chi connectivity index (χ4n) is 1.31. The third kappa shape index (κ3) is 1.94. The molecule has 2 aromatic rings. The summed E-state index contributed by atoms with van der Waals surface area (Å²) in [6.07, 6.45) is 3.88. The third-order valence-electron chi connectivity index (χ3n) is 2.06. The quantitative estimate of drug-likeness (QED) is 0.744. The molecule has 0 amide bonds. The lowest BCUT2D eigenvalue weighted by Gasteiger charge is -1.99. The minimum absolute atomic E-state index is 0.138. The van der Waals surface area contributed by atoms with Gasteiger partial charge in [-0.15, -0.1) is 11.3 Å². The second kappa shape index (κ2) is 4.31. The Morgan fingerprint density at radius 2 is 2.13 bits per heavy atom. The topological polar surface area (TPSA) is 42.9 Å². The number of thiophene rings is 1. The largest absolute Gasteiger partial charge is 0.294 e. The van der Waals surface area contributed by atoms with Crippen LogP contribution in [0.15, 0.2) is 29.9 Å². The first-order valence-electron chi connectivity index (χ1n) is 4.71. The van der Waals surface area contributed by atoms with Gasteiger partial charge in [0.1, 0.15) is 0 Å². The van der Waals surface area contributed by atoms with Gasteiger partial charge in [0, 0.05) is 24.4 Å². The number of hydrogen-bond donors (Lipinski definition) is 0. The van der Waals surface area contributed by atoms with E-state index in [-0.39, 0.29) is 5.78 Å². The Morgan fingerprint density at radius 1 is 1.40 bits per heavy atom.